The Balaban J connectivity index is 0.00000294. The number of rotatable bonds is 6. The molecule has 6 rings (SSSR count). The van der Waals surface area contributed by atoms with Crippen LogP contribution in [0.1, 0.15) is 26.3 Å². The molecule has 11 heteroatoms. The van der Waals surface area contributed by atoms with Crippen molar-refractivity contribution >= 4 is 21.7 Å². The predicted molar refractivity (Wildman–Crippen MR) is 132 cm³/mol. The van der Waals surface area contributed by atoms with Crippen LogP contribution in [-0.4, -0.2) is 49.4 Å². The third-order valence-electron chi connectivity index (χ3n) is 7.02. The highest BCUT2D eigenvalue weighted by Crippen LogP contribution is 2.51. The molecule has 0 unspecified atom stereocenters. The van der Waals surface area contributed by atoms with Crippen LogP contribution >= 0.6 is 0 Å². The Morgan fingerprint density at radius 1 is 1.00 bits per heavy atom. The molecule has 2 fully saturated rings. The van der Waals surface area contributed by atoms with Gasteiger partial charge in [0.05, 0.1) is 22.5 Å². The van der Waals surface area contributed by atoms with Gasteiger partial charge in [-0.05, 0) is 54.8 Å². The van der Waals surface area contributed by atoms with E-state index in [4.69, 9.17) is 9.47 Å². The number of amides is 1. The highest BCUT2D eigenvalue weighted by Gasteiger charge is 2.52. The maximum absolute atomic E-state index is 13.5. The van der Waals surface area contributed by atoms with Gasteiger partial charge in [0.15, 0.2) is 11.5 Å². The maximum atomic E-state index is 13.5. The Morgan fingerprint density at radius 2 is 1.76 bits per heavy atom. The fourth-order valence-corrected chi connectivity index (χ4v) is 6.19. The quantitative estimate of drug-likeness (QED) is 0.508. The lowest BCUT2D eigenvalue weighted by Crippen LogP contribution is -2.31. The van der Waals surface area contributed by atoms with Crippen molar-refractivity contribution in [2.24, 2.45) is 0 Å². The van der Waals surface area contributed by atoms with Gasteiger partial charge in [-0.25, -0.2) is 22.2 Å². The Kier molecular flexibility index (Phi) is 5.46. The van der Waals surface area contributed by atoms with Crippen LogP contribution in [0.15, 0.2) is 65.6 Å². The number of alkyl halides is 2. The molecule has 0 atom stereocenters. The molecule has 0 radical (unpaired) electrons. The number of nitrogens with zero attached hydrogens (tertiary/aromatic N) is 2. The molecular weight excluding hydrogens is 504 g/mol. The van der Waals surface area contributed by atoms with Gasteiger partial charge >= 0.3 is 0 Å². The molecule has 1 aromatic heterocycles. The van der Waals surface area contributed by atoms with Gasteiger partial charge in [-0.15, -0.1) is 0 Å². The van der Waals surface area contributed by atoms with E-state index in [2.05, 4.69) is 10.3 Å². The van der Waals surface area contributed by atoms with Crippen molar-refractivity contribution in [3.8, 4) is 22.8 Å². The number of carbonyl (C=O) groups is 1. The lowest BCUT2D eigenvalue weighted by atomic mass is 9.94. The Bertz CT molecular complexity index is 1500. The van der Waals surface area contributed by atoms with Crippen LogP contribution in [0.3, 0.4) is 0 Å². The average molecular weight is 530 g/mol. The summed E-state index contributed by atoms with van der Waals surface area (Å²) in [5, 5.41) is 2.91. The number of anilines is 1. The molecule has 1 amide bonds. The first-order valence-electron chi connectivity index (χ1n) is 11.8. The van der Waals surface area contributed by atoms with Crippen LogP contribution in [0, 0.1) is 0 Å². The molecule has 3 aromatic rings. The van der Waals surface area contributed by atoms with E-state index in [1.165, 1.54) is 12.1 Å². The van der Waals surface area contributed by atoms with Gasteiger partial charge in [0.1, 0.15) is 5.82 Å². The summed E-state index contributed by atoms with van der Waals surface area (Å²) < 4.78 is 64.2. The number of halogens is 2. The second kappa shape index (κ2) is 8.49. The standard InChI is InChI=1S/C26H23F2N3O5S.H2/c27-26(28)12-13-31(15-26)37(33,34)19-7-4-17(5-8-19)20-2-1-3-23(29-20)30-24(32)25(10-11-25)18-6-9-21-22(14-18)36-16-35-21;/h1-9,14H,10-13,15-16H2,(H,29,30,32);1H. The number of nitrogens with one attached hydrogen (secondary N) is 1. The summed E-state index contributed by atoms with van der Waals surface area (Å²) >= 11 is 0. The average Bonchev–Trinajstić information content (AvgIpc) is 3.42. The summed E-state index contributed by atoms with van der Waals surface area (Å²) in [5.74, 6) is -1.53. The zero-order valence-electron chi connectivity index (χ0n) is 19.6. The monoisotopic (exact) mass is 529 g/mol. The van der Waals surface area contributed by atoms with Crippen LogP contribution in [-0.2, 0) is 20.2 Å². The summed E-state index contributed by atoms with van der Waals surface area (Å²) in [7, 11) is -4.01. The molecule has 0 spiro atoms. The lowest BCUT2D eigenvalue weighted by Gasteiger charge is -2.17. The molecule has 194 valence electrons. The number of fused-ring (bicyclic) bond motifs is 1. The summed E-state index contributed by atoms with van der Waals surface area (Å²) in [6, 6.07) is 16.6. The minimum atomic E-state index is -4.01. The molecule has 37 heavy (non-hydrogen) atoms. The fourth-order valence-electron chi connectivity index (χ4n) is 4.72. The van der Waals surface area contributed by atoms with Gasteiger partial charge in [-0.3, -0.25) is 4.79 Å². The van der Waals surface area contributed by atoms with E-state index in [0.717, 1.165) is 9.87 Å². The summed E-state index contributed by atoms with van der Waals surface area (Å²) in [4.78, 5) is 17.7. The number of sulfonamides is 1. The van der Waals surface area contributed by atoms with Crippen molar-refractivity contribution in [2.45, 2.75) is 35.5 Å². The van der Waals surface area contributed by atoms with E-state index in [0.29, 0.717) is 41.4 Å². The van der Waals surface area contributed by atoms with Crippen LogP contribution in [0.25, 0.3) is 11.3 Å². The van der Waals surface area contributed by atoms with Crippen molar-refractivity contribution in [1.29, 1.82) is 0 Å². The van der Waals surface area contributed by atoms with Gasteiger partial charge in [0, 0.05) is 20.0 Å². The van der Waals surface area contributed by atoms with Crippen molar-refractivity contribution in [2.75, 3.05) is 25.2 Å². The normalized spacial score (nSPS) is 19.5. The zero-order chi connectivity index (χ0) is 25.8. The van der Waals surface area contributed by atoms with E-state index >= 15 is 0 Å². The number of pyridine rings is 1. The first kappa shape index (κ1) is 23.8. The summed E-state index contributed by atoms with van der Waals surface area (Å²) in [5.41, 5.74) is 1.36. The largest absolute Gasteiger partial charge is 0.454 e. The van der Waals surface area contributed by atoms with Crippen LogP contribution in [0.5, 0.6) is 11.5 Å². The molecule has 2 aliphatic heterocycles. The van der Waals surface area contributed by atoms with Crippen molar-refractivity contribution in [1.82, 2.24) is 9.29 Å². The van der Waals surface area contributed by atoms with E-state index in [-0.39, 0.29) is 25.6 Å². The molecule has 1 saturated carbocycles. The first-order chi connectivity index (χ1) is 17.7. The molecule has 1 aliphatic carbocycles. The minimum Gasteiger partial charge on any atom is -0.454 e. The molecule has 3 heterocycles. The maximum Gasteiger partial charge on any atom is 0.262 e. The second-order valence-corrected chi connectivity index (χ2v) is 11.4. The molecule has 8 nitrogen and oxygen atoms in total. The fraction of sp³-hybridized carbons (Fsp3) is 0.308. The second-order valence-electron chi connectivity index (χ2n) is 9.48. The lowest BCUT2D eigenvalue weighted by molar-refractivity contribution is -0.118. The van der Waals surface area contributed by atoms with E-state index < -0.39 is 34.3 Å². The predicted octanol–water partition coefficient (Wildman–Crippen LogP) is 4.42. The summed E-state index contributed by atoms with van der Waals surface area (Å²) in [6.45, 7) is -0.863. The van der Waals surface area contributed by atoms with Gasteiger partial charge in [-0.2, -0.15) is 4.31 Å². The molecule has 3 aliphatic rings. The molecule has 0 bridgehead atoms. The number of aromatic nitrogens is 1. The van der Waals surface area contributed by atoms with Gasteiger partial charge in [-0.1, -0.05) is 24.3 Å². The Hall–Kier alpha value is -3.57. The minimum absolute atomic E-state index is 0. The van der Waals surface area contributed by atoms with Gasteiger partial charge in [0.25, 0.3) is 5.92 Å². The topological polar surface area (TPSA) is 97.8 Å². The van der Waals surface area contributed by atoms with Gasteiger partial charge in [0.2, 0.25) is 22.7 Å². The van der Waals surface area contributed by atoms with Crippen molar-refractivity contribution in [3.05, 3.63) is 66.2 Å². The van der Waals surface area contributed by atoms with Crippen molar-refractivity contribution in [3.63, 3.8) is 0 Å². The Morgan fingerprint density at radius 3 is 2.46 bits per heavy atom. The molecule has 2 aromatic carbocycles. The SMILES string of the molecule is O=C(Nc1cccc(-c2ccc(S(=O)(=O)N3CCC(F)(F)C3)cc2)n1)C1(c2ccc3c(c2)OCO3)CC1.[HH]. The van der Waals surface area contributed by atoms with Crippen LogP contribution in [0.4, 0.5) is 14.6 Å². The van der Waals surface area contributed by atoms with Gasteiger partial charge < -0.3 is 14.8 Å². The molecule has 1 N–H and O–H groups in total. The first-order valence-corrected chi connectivity index (χ1v) is 13.3. The van der Waals surface area contributed by atoms with E-state index in [9.17, 15) is 22.0 Å². The number of hydrogen-bond acceptors (Lipinski definition) is 6. The number of hydrogen-bond donors (Lipinski definition) is 1. The third kappa shape index (κ3) is 4.31. The van der Waals surface area contributed by atoms with Crippen LogP contribution in [0.2, 0.25) is 0 Å². The van der Waals surface area contributed by atoms with Crippen LogP contribution < -0.4 is 14.8 Å². The highest BCUT2D eigenvalue weighted by molar-refractivity contribution is 7.89. The Labute approximate surface area is 213 Å². The van der Waals surface area contributed by atoms with Crippen molar-refractivity contribution < 1.29 is 32.9 Å². The number of ether oxygens (including phenoxy) is 2. The zero-order valence-corrected chi connectivity index (χ0v) is 20.4. The summed E-state index contributed by atoms with van der Waals surface area (Å²) in [6.07, 6.45) is 0.927. The number of carbonyl (C=O) groups excluding carboxylic acids is 1. The van der Waals surface area contributed by atoms with E-state index in [1.54, 1.807) is 30.3 Å². The molecule has 1 saturated heterocycles. The highest BCUT2D eigenvalue weighted by atomic mass is 32.2. The third-order valence-corrected chi connectivity index (χ3v) is 8.88. The van der Waals surface area contributed by atoms with E-state index in [1.807, 2.05) is 18.2 Å². The smallest absolute Gasteiger partial charge is 0.262 e. The molecular formula is C26H25F2N3O5S. The number of benzene rings is 2.